The molecule has 6 heteroatoms. The van der Waals surface area contributed by atoms with E-state index in [-0.39, 0.29) is 18.6 Å². The van der Waals surface area contributed by atoms with Crippen LogP contribution < -0.4 is 19.7 Å². The summed E-state index contributed by atoms with van der Waals surface area (Å²) in [6.07, 6.45) is 0. The third kappa shape index (κ3) is 6.18. The smallest absolute Gasteiger partial charge is 0.258 e. The summed E-state index contributed by atoms with van der Waals surface area (Å²) in [7, 11) is 9.63. The first-order valence-corrected chi connectivity index (χ1v) is 8.88. The van der Waals surface area contributed by atoms with Gasteiger partial charge < -0.3 is 24.6 Å². The molecule has 0 unspecified atom stereocenters. The Balaban J connectivity index is 1.90. The van der Waals surface area contributed by atoms with Crippen LogP contribution in [0.2, 0.25) is 0 Å². The number of likely N-dealkylation sites (N-methyl/N-ethyl adjacent to an activating group) is 1. The van der Waals surface area contributed by atoms with Gasteiger partial charge in [0.05, 0.1) is 13.2 Å². The molecule has 0 heterocycles. The minimum absolute atomic E-state index is 0.0348. The van der Waals surface area contributed by atoms with Gasteiger partial charge in [0, 0.05) is 32.4 Å². The quantitative estimate of drug-likeness (QED) is 0.734. The van der Waals surface area contributed by atoms with Crippen molar-refractivity contribution in [3.8, 4) is 11.5 Å². The number of carbonyl (C=O) groups excluding carboxylic acids is 1. The minimum atomic E-state index is -0.158. The van der Waals surface area contributed by atoms with Crippen molar-refractivity contribution in [1.82, 2.24) is 10.2 Å². The number of rotatable bonds is 9. The average Bonchev–Trinajstić information content (AvgIpc) is 2.66. The van der Waals surface area contributed by atoms with Gasteiger partial charge in [-0.15, -0.1) is 0 Å². The first kappa shape index (κ1) is 20.6. The molecule has 0 fully saturated rings. The molecule has 0 radical (unpaired) electrons. The third-order valence-corrected chi connectivity index (χ3v) is 4.32. The van der Waals surface area contributed by atoms with Gasteiger partial charge in [-0.05, 0) is 43.9 Å². The second-order valence-electron chi connectivity index (χ2n) is 6.74. The van der Waals surface area contributed by atoms with Crippen LogP contribution in [0.4, 0.5) is 5.69 Å². The minimum Gasteiger partial charge on any atom is -0.497 e. The maximum absolute atomic E-state index is 12.2. The number of carbonyl (C=O) groups is 1. The van der Waals surface area contributed by atoms with Gasteiger partial charge in [0.15, 0.2) is 6.61 Å². The van der Waals surface area contributed by atoms with Crippen LogP contribution in [0, 0.1) is 0 Å². The van der Waals surface area contributed by atoms with E-state index >= 15 is 0 Å². The van der Waals surface area contributed by atoms with Gasteiger partial charge in [-0.3, -0.25) is 4.79 Å². The Kier molecular flexibility index (Phi) is 7.49. The number of hydrogen-bond acceptors (Lipinski definition) is 5. The van der Waals surface area contributed by atoms with Crippen LogP contribution in [-0.4, -0.2) is 59.3 Å². The lowest BCUT2D eigenvalue weighted by molar-refractivity contribution is -0.123. The lowest BCUT2D eigenvalue weighted by Crippen LogP contribution is -2.36. The van der Waals surface area contributed by atoms with E-state index in [0.29, 0.717) is 18.0 Å². The molecular formula is C21H29N3O3. The Bertz CT molecular complexity index is 730. The van der Waals surface area contributed by atoms with E-state index in [1.165, 1.54) is 0 Å². The van der Waals surface area contributed by atoms with Crippen LogP contribution in [0.3, 0.4) is 0 Å². The van der Waals surface area contributed by atoms with Crippen LogP contribution in [0.5, 0.6) is 11.5 Å². The van der Waals surface area contributed by atoms with E-state index in [4.69, 9.17) is 9.47 Å². The molecule has 2 rings (SSSR count). The topological polar surface area (TPSA) is 54.0 Å². The number of ether oxygens (including phenoxy) is 2. The van der Waals surface area contributed by atoms with Crippen molar-refractivity contribution in [3.63, 3.8) is 0 Å². The Labute approximate surface area is 161 Å². The first-order valence-electron chi connectivity index (χ1n) is 8.88. The molecule has 0 aliphatic heterocycles. The largest absolute Gasteiger partial charge is 0.497 e. The summed E-state index contributed by atoms with van der Waals surface area (Å²) in [4.78, 5) is 16.3. The molecule has 1 N–H and O–H groups in total. The Morgan fingerprint density at radius 2 is 1.70 bits per heavy atom. The van der Waals surface area contributed by atoms with Crippen LogP contribution in [0.25, 0.3) is 0 Å². The number of nitrogens with zero attached hydrogens (tertiary/aromatic N) is 2. The average molecular weight is 371 g/mol. The number of methoxy groups -OCH3 is 1. The van der Waals surface area contributed by atoms with Gasteiger partial charge in [-0.2, -0.15) is 0 Å². The number of anilines is 1. The SMILES string of the molecule is COc1cccc(OCC(=O)NC[C@@H](c2ccc(N(C)C)cc2)N(C)C)c1. The fourth-order valence-corrected chi connectivity index (χ4v) is 2.69. The van der Waals surface area contributed by atoms with E-state index in [9.17, 15) is 4.79 Å². The molecule has 2 aromatic carbocycles. The lowest BCUT2D eigenvalue weighted by atomic mass is 10.1. The maximum Gasteiger partial charge on any atom is 0.258 e. The van der Waals surface area contributed by atoms with Crippen molar-refractivity contribution < 1.29 is 14.3 Å². The van der Waals surface area contributed by atoms with E-state index in [2.05, 4.69) is 39.4 Å². The summed E-state index contributed by atoms with van der Waals surface area (Å²) >= 11 is 0. The Hall–Kier alpha value is -2.73. The number of hydrogen-bond donors (Lipinski definition) is 1. The molecule has 0 spiro atoms. The highest BCUT2D eigenvalue weighted by Crippen LogP contribution is 2.21. The number of amides is 1. The molecule has 0 aliphatic rings. The Morgan fingerprint density at radius 3 is 2.30 bits per heavy atom. The zero-order valence-electron chi connectivity index (χ0n) is 16.7. The fourth-order valence-electron chi connectivity index (χ4n) is 2.69. The molecule has 2 aromatic rings. The molecule has 0 bridgehead atoms. The Morgan fingerprint density at radius 1 is 1.04 bits per heavy atom. The van der Waals surface area contributed by atoms with Gasteiger partial charge in [-0.1, -0.05) is 18.2 Å². The summed E-state index contributed by atoms with van der Waals surface area (Å²) in [6.45, 7) is 0.474. The normalized spacial score (nSPS) is 11.8. The highest BCUT2D eigenvalue weighted by molar-refractivity contribution is 5.77. The molecule has 0 saturated carbocycles. The second kappa shape index (κ2) is 9.83. The molecule has 1 amide bonds. The monoisotopic (exact) mass is 371 g/mol. The van der Waals surface area contributed by atoms with E-state index in [1.54, 1.807) is 19.2 Å². The van der Waals surface area contributed by atoms with Crippen molar-refractivity contribution in [2.75, 3.05) is 53.4 Å². The van der Waals surface area contributed by atoms with Gasteiger partial charge in [0.25, 0.3) is 5.91 Å². The lowest BCUT2D eigenvalue weighted by Gasteiger charge is -2.25. The molecule has 0 saturated heterocycles. The van der Waals surface area contributed by atoms with Crippen molar-refractivity contribution in [3.05, 3.63) is 54.1 Å². The van der Waals surface area contributed by atoms with Gasteiger partial charge >= 0.3 is 0 Å². The second-order valence-corrected chi connectivity index (χ2v) is 6.74. The molecule has 0 aromatic heterocycles. The van der Waals surface area contributed by atoms with E-state index in [1.807, 2.05) is 40.3 Å². The van der Waals surface area contributed by atoms with Gasteiger partial charge in [-0.25, -0.2) is 0 Å². The zero-order chi connectivity index (χ0) is 19.8. The summed E-state index contributed by atoms with van der Waals surface area (Å²) in [6, 6.07) is 15.6. The highest BCUT2D eigenvalue weighted by atomic mass is 16.5. The zero-order valence-corrected chi connectivity index (χ0v) is 16.7. The third-order valence-electron chi connectivity index (χ3n) is 4.32. The van der Waals surface area contributed by atoms with Crippen molar-refractivity contribution in [2.24, 2.45) is 0 Å². The fraction of sp³-hybridized carbons (Fsp3) is 0.381. The molecular weight excluding hydrogens is 342 g/mol. The van der Waals surface area contributed by atoms with Gasteiger partial charge in [0.2, 0.25) is 0 Å². The summed E-state index contributed by atoms with van der Waals surface area (Å²) < 4.78 is 10.7. The van der Waals surface area contributed by atoms with E-state index in [0.717, 1.165) is 11.3 Å². The molecule has 146 valence electrons. The predicted molar refractivity (Wildman–Crippen MR) is 109 cm³/mol. The molecule has 1 atom stereocenters. The number of benzene rings is 2. The van der Waals surface area contributed by atoms with Crippen molar-refractivity contribution in [2.45, 2.75) is 6.04 Å². The summed E-state index contributed by atoms with van der Waals surface area (Å²) in [5, 5.41) is 2.95. The van der Waals surface area contributed by atoms with Crippen LogP contribution in [0.15, 0.2) is 48.5 Å². The highest BCUT2D eigenvalue weighted by Gasteiger charge is 2.15. The molecule has 0 aliphatic carbocycles. The number of nitrogens with one attached hydrogen (secondary N) is 1. The predicted octanol–water partition coefficient (Wildman–Crippen LogP) is 2.56. The maximum atomic E-state index is 12.2. The van der Waals surface area contributed by atoms with Crippen LogP contribution >= 0.6 is 0 Å². The van der Waals surface area contributed by atoms with Crippen LogP contribution in [-0.2, 0) is 4.79 Å². The first-order chi connectivity index (χ1) is 12.9. The molecule has 6 nitrogen and oxygen atoms in total. The van der Waals surface area contributed by atoms with Crippen LogP contribution in [0.1, 0.15) is 11.6 Å². The standard InChI is InChI=1S/C21H29N3O3/c1-23(2)17-11-9-16(10-12-17)20(24(3)4)14-22-21(25)15-27-19-8-6-7-18(13-19)26-5/h6-13,20H,14-15H2,1-5H3,(H,22,25)/t20-/m0/s1. The van der Waals surface area contributed by atoms with Crippen molar-refractivity contribution in [1.29, 1.82) is 0 Å². The van der Waals surface area contributed by atoms with Gasteiger partial charge in [0.1, 0.15) is 11.5 Å². The summed E-state index contributed by atoms with van der Waals surface area (Å²) in [5.41, 5.74) is 2.30. The summed E-state index contributed by atoms with van der Waals surface area (Å²) in [5.74, 6) is 1.14. The molecule has 27 heavy (non-hydrogen) atoms. The van der Waals surface area contributed by atoms with E-state index < -0.39 is 0 Å². The van der Waals surface area contributed by atoms with Crippen molar-refractivity contribution >= 4 is 11.6 Å².